The Kier molecular flexibility index (Phi) is 5.92. The molecule has 1 aliphatic heterocycles. The van der Waals surface area contributed by atoms with E-state index < -0.39 is 17.7 Å². The molecule has 4 aromatic rings. The number of anilines is 1. The number of Topliss-reactive ketones (excluding diaryl/α,β-unsaturated/α-hetero) is 1. The Bertz CT molecular complexity index is 1480. The van der Waals surface area contributed by atoms with Gasteiger partial charge in [0.25, 0.3) is 5.78 Å². The normalized spacial score (nSPS) is 17.3. The average molecular weight is 507 g/mol. The second-order valence-corrected chi connectivity index (χ2v) is 9.27. The van der Waals surface area contributed by atoms with Gasteiger partial charge in [0, 0.05) is 10.6 Å². The van der Waals surface area contributed by atoms with Crippen molar-refractivity contribution in [1.82, 2.24) is 4.98 Å². The number of halogens is 1. The van der Waals surface area contributed by atoms with Gasteiger partial charge in [-0.15, -0.1) is 0 Å². The van der Waals surface area contributed by atoms with Crippen molar-refractivity contribution >= 4 is 55.7 Å². The van der Waals surface area contributed by atoms with Crippen molar-refractivity contribution in [1.29, 1.82) is 0 Å². The van der Waals surface area contributed by atoms with Gasteiger partial charge in [-0.05, 0) is 67.1 Å². The third kappa shape index (κ3) is 4.11. The highest BCUT2D eigenvalue weighted by molar-refractivity contribution is 7.22. The van der Waals surface area contributed by atoms with Gasteiger partial charge in [0.15, 0.2) is 5.13 Å². The number of aromatic hydroxyl groups is 1. The van der Waals surface area contributed by atoms with E-state index in [0.717, 1.165) is 4.70 Å². The fourth-order valence-electron chi connectivity index (χ4n) is 4.02. The van der Waals surface area contributed by atoms with Crippen LogP contribution in [0.15, 0.2) is 72.3 Å². The van der Waals surface area contributed by atoms with E-state index in [1.807, 2.05) is 6.92 Å². The number of hydrogen-bond acceptors (Lipinski definition) is 7. The standard InChI is InChI=1S/C26H19ClN2O5S/c1-2-34-18-10-5-15(6-11-18)23(31)21-22(14-3-8-17(30)9-4-14)29(25(33)24(21)32)26-28-19-12-7-16(27)13-20(19)35-26/h3-13,22,30-31H,2H2,1H3/b23-21+. The van der Waals surface area contributed by atoms with Gasteiger partial charge in [-0.3, -0.25) is 14.5 Å². The number of phenolic OH excluding ortho intramolecular Hbond substituents is 1. The van der Waals surface area contributed by atoms with E-state index in [2.05, 4.69) is 4.98 Å². The number of ketones is 1. The van der Waals surface area contributed by atoms with Crippen LogP contribution in [0.2, 0.25) is 5.02 Å². The molecule has 1 aliphatic rings. The summed E-state index contributed by atoms with van der Waals surface area (Å²) in [6, 6.07) is 17.0. The monoisotopic (exact) mass is 506 g/mol. The molecule has 1 atom stereocenters. The van der Waals surface area contributed by atoms with E-state index in [1.54, 1.807) is 54.6 Å². The molecule has 9 heteroatoms. The average Bonchev–Trinajstić information content (AvgIpc) is 3.37. The lowest BCUT2D eigenvalue weighted by atomic mass is 9.95. The number of aromatic nitrogens is 1. The first-order chi connectivity index (χ1) is 16.9. The number of fused-ring (bicyclic) bond motifs is 1. The number of phenols is 1. The van der Waals surface area contributed by atoms with Crippen LogP contribution in [0, 0.1) is 0 Å². The molecule has 35 heavy (non-hydrogen) atoms. The number of carbonyl (C=O) groups excluding carboxylic acids is 2. The van der Waals surface area contributed by atoms with Crippen molar-refractivity contribution in [3.8, 4) is 11.5 Å². The summed E-state index contributed by atoms with van der Waals surface area (Å²) in [7, 11) is 0. The van der Waals surface area contributed by atoms with Crippen molar-refractivity contribution in [2.24, 2.45) is 0 Å². The lowest BCUT2D eigenvalue weighted by Crippen LogP contribution is -2.29. The number of nitrogens with zero attached hydrogens (tertiary/aromatic N) is 2. The molecule has 0 aliphatic carbocycles. The van der Waals surface area contributed by atoms with Crippen molar-refractivity contribution in [2.45, 2.75) is 13.0 Å². The molecular weight excluding hydrogens is 488 g/mol. The number of aliphatic hydroxyl groups is 1. The number of rotatable bonds is 5. The molecule has 176 valence electrons. The number of benzene rings is 3. The Morgan fingerprint density at radius 2 is 1.80 bits per heavy atom. The van der Waals surface area contributed by atoms with Gasteiger partial charge >= 0.3 is 5.91 Å². The van der Waals surface area contributed by atoms with Crippen LogP contribution < -0.4 is 9.64 Å². The van der Waals surface area contributed by atoms with Crippen LogP contribution in [-0.4, -0.2) is 33.5 Å². The first-order valence-corrected chi connectivity index (χ1v) is 12.0. The molecule has 5 rings (SSSR count). The molecule has 1 saturated heterocycles. The Balaban J connectivity index is 1.68. The van der Waals surface area contributed by atoms with Gasteiger partial charge < -0.3 is 14.9 Å². The Hall–Kier alpha value is -3.88. The number of carbonyl (C=O) groups is 2. The van der Waals surface area contributed by atoms with Crippen LogP contribution >= 0.6 is 22.9 Å². The van der Waals surface area contributed by atoms with Crippen molar-refractivity contribution < 1.29 is 24.5 Å². The van der Waals surface area contributed by atoms with Crippen LogP contribution in [0.4, 0.5) is 5.13 Å². The minimum Gasteiger partial charge on any atom is -0.508 e. The number of ether oxygens (including phenoxy) is 1. The quantitative estimate of drug-likeness (QED) is 0.205. The molecule has 0 bridgehead atoms. The Morgan fingerprint density at radius 3 is 2.49 bits per heavy atom. The van der Waals surface area contributed by atoms with E-state index in [0.29, 0.717) is 39.2 Å². The van der Waals surface area contributed by atoms with E-state index in [4.69, 9.17) is 16.3 Å². The second kappa shape index (κ2) is 9.05. The zero-order valence-corrected chi connectivity index (χ0v) is 20.0. The van der Waals surface area contributed by atoms with Gasteiger partial charge in [0.05, 0.1) is 28.4 Å². The van der Waals surface area contributed by atoms with Gasteiger partial charge in [-0.1, -0.05) is 35.1 Å². The Morgan fingerprint density at radius 1 is 1.09 bits per heavy atom. The largest absolute Gasteiger partial charge is 0.508 e. The SMILES string of the molecule is CCOc1ccc(/C(O)=C2\C(=O)C(=O)N(c3nc4ccc(Cl)cc4s3)C2c2ccc(O)cc2)cc1. The minimum absolute atomic E-state index is 0.0341. The maximum Gasteiger partial charge on any atom is 0.301 e. The molecule has 0 saturated carbocycles. The number of amides is 1. The fourth-order valence-corrected chi connectivity index (χ4v) is 5.29. The third-order valence-corrected chi connectivity index (χ3v) is 6.89. The third-order valence-electron chi connectivity index (χ3n) is 5.64. The summed E-state index contributed by atoms with van der Waals surface area (Å²) in [6.07, 6.45) is 0. The highest BCUT2D eigenvalue weighted by atomic mass is 35.5. The summed E-state index contributed by atoms with van der Waals surface area (Å²) in [5.74, 6) is -1.29. The van der Waals surface area contributed by atoms with Crippen LogP contribution in [0.5, 0.6) is 11.5 Å². The van der Waals surface area contributed by atoms with Crippen LogP contribution in [-0.2, 0) is 9.59 Å². The molecule has 1 amide bonds. The van der Waals surface area contributed by atoms with Crippen molar-refractivity contribution in [3.63, 3.8) is 0 Å². The summed E-state index contributed by atoms with van der Waals surface area (Å²) in [4.78, 5) is 32.4. The number of hydrogen-bond donors (Lipinski definition) is 2. The highest BCUT2D eigenvalue weighted by Crippen LogP contribution is 2.44. The van der Waals surface area contributed by atoms with Crippen LogP contribution in [0.25, 0.3) is 16.0 Å². The number of thiazole rings is 1. The van der Waals surface area contributed by atoms with Gasteiger partial charge in [0.2, 0.25) is 0 Å². The van der Waals surface area contributed by atoms with Crippen LogP contribution in [0.3, 0.4) is 0 Å². The summed E-state index contributed by atoms with van der Waals surface area (Å²) in [5, 5.41) is 21.8. The maximum absolute atomic E-state index is 13.3. The molecule has 2 N–H and O–H groups in total. The van der Waals surface area contributed by atoms with Gasteiger partial charge in [0.1, 0.15) is 17.3 Å². The predicted octanol–water partition coefficient (Wildman–Crippen LogP) is 5.68. The lowest BCUT2D eigenvalue weighted by Gasteiger charge is -2.23. The lowest BCUT2D eigenvalue weighted by molar-refractivity contribution is -0.132. The molecule has 0 radical (unpaired) electrons. The highest BCUT2D eigenvalue weighted by Gasteiger charge is 2.48. The van der Waals surface area contributed by atoms with Gasteiger partial charge in [-0.25, -0.2) is 4.98 Å². The fraction of sp³-hybridized carbons (Fsp3) is 0.115. The van der Waals surface area contributed by atoms with E-state index in [1.165, 1.54) is 28.4 Å². The zero-order chi connectivity index (χ0) is 24.7. The second-order valence-electron chi connectivity index (χ2n) is 7.83. The number of aliphatic hydroxyl groups excluding tert-OH is 1. The summed E-state index contributed by atoms with van der Waals surface area (Å²) >= 11 is 7.33. The van der Waals surface area contributed by atoms with E-state index in [9.17, 15) is 19.8 Å². The molecule has 7 nitrogen and oxygen atoms in total. The Labute approximate surface area is 209 Å². The molecule has 1 fully saturated rings. The molecule has 3 aromatic carbocycles. The maximum atomic E-state index is 13.3. The molecule has 1 unspecified atom stereocenters. The first-order valence-electron chi connectivity index (χ1n) is 10.8. The minimum atomic E-state index is -0.946. The van der Waals surface area contributed by atoms with Crippen molar-refractivity contribution in [2.75, 3.05) is 11.5 Å². The van der Waals surface area contributed by atoms with E-state index in [-0.39, 0.29) is 17.1 Å². The smallest absolute Gasteiger partial charge is 0.301 e. The van der Waals surface area contributed by atoms with E-state index >= 15 is 0 Å². The van der Waals surface area contributed by atoms with Crippen molar-refractivity contribution in [3.05, 3.63) is 88.5 Å². The predicted molar refractivity (Wildman–Crippen MR) is 135 cm³/mol. The molecular formula is C26H19ClN2O5S. The molecule has 2 heterocycles. The first kappa shape index (κ1) is 22.9. The van der Waals surface area contributed by atoms with Gasteiger partial charge in [-0.2, -0.15) is 0 Å². The molecule has 1 aromatic heterocycles. The van der Waals surface area contributed by atoms with Crippen LogP contribution in [0.1, 0.15) is 24.1 Å². The topological polar surface area (TPSA) is 100.0 Å². The summed E-state index contributed by atoms with van der Waals surface area (Å²) in [5.41, 5.74) is 1.47. The zero-order valence-electron chi connectivity index (χ0n) is 18.4. The molecule has 0 spiro atoms. The summed E-state index contributed by atoms with van der Waals surface area (Å²) in [6.45, 7) is 2.35. The summed E-state index contributed by atoms with van der Waals surface area (Å²) < 4.78 is 6.21.